The van der Waals surface area contributed by atoms with Gasteiger partial charge in [0.15, 0.2) is 0 Å². The Morgan fingerprint density at radius 1 is 0.600 bits per heavy atom. The van der Waals surface area contributed by atoms with E-state index in [2.05, 4.69) is 12.1 Å². The lowest BCUT2D eigenvalue weighted by Crippen LogP contribution is -1.95. The minimum absolute atomic E-state index is 0.828. The molecular weight excluding hydrogens is 252 g/mol. The van der Waals surface area contributed by atoms with E-state index in [1.165, 1.54) is 11.1 Å². The molecular formula is C17H20O3. The Bertz CT molecular complexity index is 524. The van der Waals surface area contributed by atoms with E-state index in [-0.39, 0.29) is 0 Å². The largest absolute Gasteiger partial charge is 0.497 e. The molecule has 0 N–H and O–H groups in total. The Kier molecular flexibility index (Phi) is 4.88. The Labute approximate surface area is 120 Å². The van der Waals surface area contributed by atoms with Crippen LogP contribution < -0.4 is 14.2 Å². The number of benzene rings is 2. The summed E-state index contributed by atoms with van der Waals surface area (Å²) >= 11 is 0. The minimum atomic E-state index is 0.828. The monoisotopic (exact) mass is 272 g/mol. The summed E-state index contributed by atoms with van der Waals surface area (Å²) in [5.74, 6) is 2.54. The maximum atomic E-state index is 5.28. The predicted molar refractivity (Wildman–Crippen MR) is 79.9 cm³/mol. The third-order valence-corrected chi connectivity index (χ3v) is 3.27. The van der Waals surface area contributed by atoms with Crippen molar-refractivity contribution in [1.82, 2.24) is 0 Å². The van der Waals surface area contributed by atoms with Crippen LogP contribution in [0.2, 0.25) is 0 Å². The van der Waals surface area contributed by atoms with Gasteiger partial charge in [-0.2, -0.15) is 0 Å². The second kappa shape index (κ2) is 6.85. The van der Waals surface area contributed by atoms with Crippen LogP contribution in [0.3, 0.4) is 0 Å². The van der Waals surface area contributed by atoms with E-state index in [1.807, 2.05) is 30.3 Å². The second-order valence-corrected chi connectivity index (χ2v) is 4.57. The van der Waals surface area contributed by atoms with Crippen LogP contribution in [0.1, 0.15) is 11.1 Å². The Hall–Kier alpha value is -2.16. The first-order valence-corrected chi connectivity index (χ1v) is 6.60. The molecule has 0 fully saturated rings. The fourth-order valence-electron chi connectivity index (χ4n) is 2.09. The van der Waals surface area contributed by atoms with E-state index < -0.39 is 0 Å². The molecule has 2 aromatic rings. The number of hydrogen-bond donors (Lipinski definition) is 0. The quantitative estimate of drug-likeness (QED) is 0.805. The summed E-state index contributed by atoms with van der Waals surface area (Å²) in [5.41, 5.74) is 2.49. The lowest BCUT2D eigenvalue weighted by molar-refractivity contribution is 0.393. The first kappa shape index (κ1) is 14.3. The zero-order valence-electron chi connectivity index (χ0n) is 12.2. The van der Waals surface area contributed by atoms with Gasteiger partial charge in [-0.3, -0.25) is 0 Å². The van der Waals surface area contributed by atoms with Gasteiger partial charge in [0, 0.05) is 6.07 Å². The molecule has 3 nitrogen and oxygen atoms in total. The van der Waals surface area contributed by atoms with E-state index in [1.54, 1.807) is 21.3 Å². The molecule has 3 heteroatoms. The van der Waals surface area contributed by atoms with Crippen LogP contribution in [0.4, 0.5) is 0 Å². The molecule has 0 spiro atoms. The SMILES string of the molecule is COc1ccc(CCc2cc(OC)cc(OC)c2)cc1. The normalized spacial score (nSPS) is 10.2. The fourth-order valence-corrected chi connectivity index (χ4v) is 2.09. The number of hydrogen-bond acceptors (Lipinski definition) is 3. The van der Waals surface area contributed by atoms with Crippen molar-refractivity contribution in [2.75, 3.05) is 21.3 Å². The maximum absolute atomic E-state index is 5.28. The average Bonchev–Trinajstić information content (AvgIpc) is 2.53. The summed E-state index contributed by atoms with van der Waals surface area (Å²) in [6.45, 7) is 0. The van der Waals surface area contributed by atoms with Gasteiger partial charge in [-0.05, 0) is 48.2 Å². The Morgan fingerprint density at radius 2 is 1.10 bits per heavy atom. The molecule has 0 unspecified atom stereocenters. The number of rotatable bonds is 6. The van der Waals surface area contributed by atoms with Crippen LogP contribution in [0, 0.1) is 0 Å². The second-order valence-electron chi connectivity index (χ2n) is 4.57. The molecule has 0 heterocycles. The summed E-state index contributed by atoms with van der Waals surface area (Å²) in [7, 11) is 5.02. The fraction of sp³-hybridized carbons (Fsp3) is 0.294. The van der Waals surface area contributed by atoms with Gasteiger partial charge in [-0.15, -0.1) is 0 Å². The molecule has 106 valence electrons. The van der Waals surface area contributed by atoms with Gasteiger partial charge in [0.1, 0.15) is 17.2 Å². The Balaban J connectivity index is 2.05. The zero-order chi connectivity index (χ0) is 14.4. The van der Waals surface area contributed by atoms with Crippen molar-refractivity contribution in [3.8, 4) is 17.2 Å². The lowest BCUT2D eigenvalue weighted by atomic mass is 10.0. The van der Waals surface area contributed by atoms with Crippen LogP contribution in [0.15, 0.2) is 42.5 Å². The van der Waals surface area contributed by atoms with Crippen molar-refractivity contribution in [1.29, 1.82) is 0 Å². The van der Waals surface area contributed by atoms with E-state index in [9.17, 15) is 0 Å². The molecule has 0 bridgehead atoms. The molecule has 20 heavy (non-hydrogen) atoms. The van der Waals surface area contributed by atoms with Crippen molar-refractivity contribution in [2.24, 2.45) is 0 Å². The maximum Gasteiger partial charge on any atom is 0.122 e. The highest BCUT2D eigenvalue weighted by molar-refractivity contribution is 5.39. The highest BCUT2D eigenvalue weighted by Gasteiger charge is 2.03. The molecule has 0 aromatic heterocycles. The van der Waals surface area contributed by atoms with Crippen LogP contribution in [0.5, 0.6) is 17.2 Å². The van der Waals surface area contributed by atoms with E-state index in [4.69, 9.17) is 14.2 Å². The molecule has 0 amide bonds. The third kappa shape index (κ3) is 3.67. The summed E-state index contributed by atoms with van der Waals surface area (Å²) in [6, 6.07) is 14.1. The Morgan fingerprint density at radius 3 is 1.60 bits per heavy atom. The first-order chi connectivity index (χ1) is 9.75. The van der Waals surface area contributed by atoms with Gasteiger partial charge in [-0.25, -0.2) is 0 Å². The highest BCUT2D eigenvalue weighted by Crippen LogP contribution is 2.23. The summed E-state index contributed by atoms with van der Waals surface area (Å²) < 4.78 is 15.7. The predicted octanol–water partition coefficient (Wildman–Crippen LogP) is 3.50. The summed E-state index contributed by atoms with van der Waals surface area (Å²) in [4.78, 5) is 0. The van der Waals surface area contributed by atoms with Crippen LogP contribution >= 0.6 is 0 Å². The number of methoxy groups -OCH3 is 3. The summed E-state index contributed by atoms with van der Waals surface area (Å²) in [6.07, 6.45) is 1.92. The smallest absolute Gasteiger partial charge is 0.122 e. The van der Waals surface area contributed by atoms with Crippen molar-refractivity contribution < 1.29 is 14.2 Å². The molecule has 0 saturated carbocycles. The van der Waals surface area contributed by atoms with E-state index in [0.29, 0.717) is 0 Å². The number of ether oxygens (including phenoxy) is 3. The summed E-state index contributed by atoms with van der Waals surface area (Å²) in [5, 5.41) is 0. The molecule has 0 aliphatic carbocycles. The van der Waals surface area contributed by atoms with Crippen molar-refractivity contribution in [2.45, 2.75) is 12.8 Å². The van der Waals surface area contributed by atoms with Crippen molar-refractivity contribution in [3.63, 3.8) is 0 Å². The van der Waals surface area contributed by atoms with Crippen molar-refractivity contribution >= 4 is 0 Å². The van der Waals surface area contributed by atoms with Crippen LogP contribution in [-0.2, 0) is 12.8 Å². The van der Waals surface area contributed by atoms with Gasteiger partial charge in [0.25, 0.3) is 0 Å². The zero-order valence-corrected chi connectivity index (χ0v) is 12.2. The van der Waals surface area contributed by atoms with Gasteiger partial charge in [-0.1, -0.05) is 12.1 Å². The van der Waals surface area contributed by atoms with E-state index in [0.717, 1.165) is 30.1 Å². The third-order valence-electron chi connectivity index (χ3n) is 3.27. The van der Waals surface area contributed by atoms with Crippen molar-refractivity contribution in [3.05, 3.63) is 53.6 Å². The lowest BCUT2D eigenvalue weighted by Gasteiger charge is -2.09. The first-order valence-electron chi connectivity index (χ1n) is 6.60. The minimum Gasteiger partial charge on any atom is -0.497 e. The van der Waals surface area contributed by atoms with Crippen LogP contribution in [-0.4, -0.2) is 21.3 Å². The number of aryl methyl sites for hydroxylation is 2. The van der Waals surface area contributed by atoms with Gasteiger partial charge >= 0.3 is 0 Å². The topological polar surface area (TPSA) is 27.7 Å². The van der Waals surface area contributed by atoms with E-state index >= 15 is 0 Å². The highest BCUT2D eigenvalue weighted by atomic mass is 16.5. The molecule has 2 rings (SSSR count). The molecule has 0 atom stereocenters. The van der Waals surface area contributed by atoms with Gasteiger partial charge in [0.2, 0.25) is 0 Å². The molecule has 0 aliphatic rings. The molecule has 0 aliphatic heterocycles. The van der Waals surface area contributed by atoms with Gasteiger partial charge < -0.3 is 14.2 Å². The standard InChI is InChI=1S/C17H20O3/c1-18-15-8-6-13(7-9-15)4-5-14-10-16(19-2)12-17(11-14)20-3/h6-12H,4-5H2,1-3H3. The average molecular weight is 272 g/mol. The molecule has 0 radical (unpaired) electrons. The molecule has 2 aromatic carbocycles. The van der Waals surface area contributed by atoms with Gasteiger partial charge in [0.05, 0.1) is 21.3 Å². The van der Waals surface area contributed by atoms with Crippen LogP contribution in [0.25, 0.3) is 0 Å². The molecule has 0 saturated heterocycles.